The van der Waals surface area contributed by atoms with Gasteiger partial charge in [-0.1, -0.05) is 123 Å². The second-order valence-corrected chi connectivity index (χ2v) is 20.6. The fourth-order valence-electron chi connectivity index (χ4n) is 6.88. The van der Waals surface area contributed by atoms with Crippen LogP contribution in [-0.2, 0) is 46.3 Å². The van der Waals surface area contributed by atoms with Crippen LogP contribution in [0.5, 0.6) is 0 Å². The van der Waals surface area contributed by atoms with E-state index < -0.39 is 83.7 Å². The van der Waals surface area contributed by atoms with Crippen molar-refractivity contribution in [3.05, 3.63) is 132 Å². The summed E-state index contributed by atoms with van der Waals surface area (Å²) in [4.78, 5) is 61.9. The monoisotopic (exact) mass is 1090 g/mol. The molecule has 8 atom stereocenters. The highest BCUT2D eigenvalue weighted by Gasteiger charge is 2.46. The van der Waals surface area contributed by atoms with Crippen LogP contribution in [-0.4, -0.2) is 96.9 Å². The summed E-state index contributed by atoms with van der Waals surface area (Å²) in [6, 6.07) is 1.24. The number of carbonyl (C=O) groups excluding carboxylic acids is 2. The fraction of sp³-hybridized carbons (Fsp3) is 0.556. The highest BCUT2D eigenvalue weighted by atomic mass is 31.3. The van der Waals surface area contributed by atoms with E-state index in [1.165, 1.54) is 6.07 Å². The van der Waals surface area contributed by atoms with Gasteiger partial charge in [-0.05, 0) is 116 Å². The average Bonchev–Trinajstić information content (AvgIpc) is 3.64. The van der Waals surface area contributed by atoms with E-state index in [4.69, 9.17) is 29.0 Å². The van der Waals surface area contributed by atoms with E-state index in [9.17, 15) is 48.6 Å². The molecule has 19 nitrogen and oxygen atoms in total. The first kappa shape index (κ1) is 66.5. The van der Waals surface area contributed by atoms with Crippen molar-refractivity contribution in [3.63, 3.8) is 0 Å². The molecule has 1 aliphatic heterocycles. The van der Waals surface area contributed by atoms with Gasteiger partial charge in [-0.2, -0.15) is 9.29 Å². The molecule has 0 saturated carbocycles. The largest absolute Gasteiger partial charge is 0.481 e. The zero-order valence-electron chi connectivity index (χ0n) is 43.7. The lowest BCUT2D eigenvalue weighted by Gasteiger charge is -2.21. The molecule has 2 unspecified atom stereocenters. The molecule has 75 heavy (non-hydrogen) atoms. The Morgan fingerprint density at radius 2 is 1.19 bits per heavy atom. The quantitative estimate of drug-likeness (QED) is 0.0154. The lowest BCUT2D eigenvalue weighted by molar-refractivity contribution is -0.161. The van der Waals surface area contributed by atoms with Crippen molar-refractivity contribution in [2.45, 2.75) is 173 Å². The molecule has 1 aliphatic rings. The smallest absolute Gasteiger partial charge is 0.462 e. The minimum Gasteiger partial charge on any atom is -0.462 e. The molecule has 1 saturated heterocycles. The molecule has 1 aromatic rings. The second kappa shape index (κ2) is 40.6. The van der Waals surface area contributed by atoms with Crippen molar-refractivity contribution in [3.8, 4) is 0 Å². The van der Waals surface area contributed by atoms with E-state index in [1.807, 2.05) is 18.2 Å². The van der Waals surface area contributed by atoms with Gasteiger partial charge < -0.3 is 45.1 Å². The van der Waals surface area contributed by atoms with Gasteiger partial charge in [0.05, 0.1) is 19.3 Å². The van der Waals surface area contributed by atoms with Crippen LogP contribution in [0.4, 0.5) is 5.82 Å². The van der Waals surface area contributed by atoms with Crippen LogP contribution in [0.15, 0.2) is 126 Å². The number of allylic oxidation sites excluding steroid dienone is 18. The average molecular weight is 1090 g/mol. The lowest BCUT2D eigenvalue weighted by Crippen LogP contribution is -2.36. The van der Waals surface area contributed by atoms with E-state index in [0.717, 1.165) is 94.2 Å². The molecule has 21 heteroatoms. The van der Waals surface area contributed by atoms with Crippen LogP contribution >= 0.6 is 15.6 Å². The number of carbonyl (C=O) groups is 2. The van der Waals surface area contributed by atoms with Crippen molar-refractivity contribution in [1.29, 1.82) is 0 Å². The number of rotatable bonds is 41. The van der Waals surface area contributed by atoms with Gasteiger partial charge in [-0.25, -0.2) is 13.9 Å². The number of aliphatic hydroxyl groups excluding tert-OH is 3. The molecule has 2 rings (SSSR count). The number of hydrogen-bond acceptors (Lipinski definition) is 16. The molecule has 0 bridgehead atoms. The predicted molar refractivity (Wildman–Crippen MR) is 290 cm³/mol. The van der Waals surface area contributed by atoms with Gasteiger partial charge in [-0.15, -0.1) is 0 Å². The van der Waals surface area contributed by atoms with Crippen molar-refractivity contribution in [1.82, 2.24) is 9.55 Å². The topological polar surface area (TPSA) is 286 Å². The predicted octanol–water partition coefficient (Wildman–Crippen LogP) is 9.97. The van der Waals surface area contributed by atoms with Gasteiger partial charge in [0.1, 0.15) is 30.7 Å². The summed E-state index contributed by atoms with van der Waals surface area (Å²) in [5.41, 5.74) is 4.58. The second-order valence-electron chi connectivity index (χ2n) is 17.6. The molecule has 1 fully saturated rings. The number of aromatic nitrogens is 2. The number of hydrogen-bond donors (Lipinski definition) is 6. The molecule has 0 radical (unpaired) electrons. The van der Waals surface area contributed by atoms with Crippen LogP contribution in [0, 0.1) is 0 Å². The van der Waals surface area contributed by atoms with Crippen LogP contribution in [0.2, 0.25) is 0 Å². The Labute approximate surface area is 443 Å². The molecule has 1 aromatic heterocycles. The zero-order valence-corrected chi connectivity index (χ0v) is 45.4. The number of esters is 2. The molecule has 0 amide bonds. The third-order valence-electron chi connectivity index (χ3n) is 10.9. The number of aliphatic hydroxyl groups is 3. The Kier molecular flexibility index (Phi) is 36.0. The molecule has 0 aliphatic carbocycles. The van der Waals surface area contributed by atoms with Gasteiger partial charge in [0.25, 0.3) is 0 Å². The van der Waals surface area contributed by atoms with Gasteiger partial charge in [0.15, 0.2) is 12.3 Å². The lowest BCUT2D eigenvalue weighted by atomic mass is 10.1. The maximum Gasteiger partial charge on any atom is 0.481 e. The molecule has 0 aromatic carbocycles. The van der Waals surface area contributed by atoms with Gasteiger partial charge >= 0.3 is 33.3 Å². The van der Waals surface area contributed by atoms with E-state index in [0.29, 0.717) is 25.7 Å². The number of nitrogen functional groups attached to an aromatic ring is 1. The van der Waals surface area contributed by atoms with E-state index in [-0.39, 0.29) is 24.8 Å². The highest BCUT2D eigenvalue weighted by Crippen LogP contribution is 2.60. The summed E-state index contributed by atoms with van der Waals surface area (Å²) in [6.45, 7) is 1.49. The molecular weight excluding hydrogens is 1010 g/mol. The van der Waals surface area contributed by atoms with E-state index in [2.05, 4.69) is 107 Å². The summed E-state index contributed by atoms with van der Waals surface area (Å²) in [7, 11) is -10.9. The number of phosphoric acid groups is 2. The number of nitrogens with two attached hydrogens (primary N) is 1. The first-order valence-corrected chi connectivity index (χ1v) is 28.9. The Balaban J connectivity index is 1.84. The zero-order chi connectivity index (χ0) is 55.0. The summed E-state index contributed by atoms with van der Waals surface area (Å²) >= 11 is 0. The van der Waals surface area contributed by atoms with Gasteiger partial charge in [0, 0.05) is 19.0 Å². The van der Waals surface area contributed by atoms with Crippen molar-refractivity contribution >= 4 is 33.4 Å². The van der Waals surface area contributed by atoms with E-state index in [1.54, 1.807) is 6.92 Å². The minimum absolute atomic E-state index is 0.0522. The van der Waals surface area contributed by atoms with Crippen LogP contribution in [0.25, 0.3) is 0 Å². The molecular formula is C54H83N3O16P2. The third kappa shape index (κ3) is 33.9. The number of unbranched alkanes of at least 4 members (excludes halogenated alkanes) is 5. The van der Waals surface area contributed by atoms with Crippen molar-refractivity contribution < 1.29 is 71.4 Å². The molecule has 420 valence electrons. The van der Waals surface area contributed by atoms with Crippen molar-refractivity contribution in [2.75, 3.05) is 25.6 Å². The SMILES string of the molecule is CC/C=C\C/C=C\C/C=C\C/C=C\C/C=C\CCCCCC(=O)OC[C@H](COP(=O)(O)OP(=O)(O)OC[C@H]1O[C@@H](n2ccc(N)nc2=O)[C@H](O)[C@@H]1O)OC(=O)CCC/C=C\C/C=C\C/C=C\C/C=C\CCC[C@H](C)O. The first-order valence-electron chi connectivity index (χ1n) is 25.9. The molecule has 0 spiro atoms. The van der Waals surface area contributed by atoms with Crippen LogP contribution in [0.3, 0.4) is 0 Å². The third-order valence-corrected chi connectivity index (χ3v) is 13.5. The summed E-state index contributed by atoms with van der Waals surface area (Å²) < 4.78 is 56.7. The normalized spacial score (nSPS) is 20.1. The summed E-state index contributed by atoms with van der Waals surface area (Å²) in [6.07, 6.45) is 44.5. The highest BCUT2D eigenvalue weighted by molar-refractivity contribution is 7.61. The Hall–Kier alpha value is -4.62. The maximum absolute atomic E-state index is 12.9. The summed E-state index contributed by atoms with van der Waals surface area (Å²) in [5.74, 6) is -1.44. The number of ether oxygens (including phenoxy) is 3. The standard InChI is InChI=1S/C54H83N3O16P2/c1-3-4-5-6-7-8-9-10-11-12-13-14-17-20-23-26-29-32-35-38-49(59)68-42-46(71-50(60)39-36-33-30-27-24-21-18-15-16-19-22-25-28-31-34-37-45(2)58)43-69-74(64,65)73-75(66,67)70-44-47-51(61)52(62)53(72-47)57-41-40-48(55)56-54(57)63/h4-5,7-8,10-11,13-14,16,18-21,23,25,27-28,30,40-41,45-47,51-53,58,61-62H,3,6,9,12,15,17,22,24,26,29,31-39,42-44H2,1-2H3,(H,64,65)(H,66,67)(H2,55,56,63)/b5-4-,8-7-,11-10-,14-13-,19-16-,21-18-,23-20-,28-25-,30-27-/t45-,46+,47+,51+,52+,53+/m0/s1. The van der Waals surface area contributed by atoms with Gasteiger partial charge in [-0.3, -0.25) is 23.2 Å². The first-order chi connectivity index (χ1) is 36.0. The Morgan fingerprint density at radius 1 is 0.693 bits per heavy atom. The Morgan fingerprint density at radius 3 is 1.72 bits per heavy atom. The molecule has 2 heterocycles. The van der Waals surface area contributed by atoms with E-state index >= 15 is 0 Å². The number of anilines is 1. The maximum atomic E-state index is 12.9. The van der Waals surface area contributed by atoms with Crippen LogP contribution < -0.4 is 11.4 Å². The van der Waals surface area contributed by atoms with Crippen LogP contribution in [0.1, 0.15) is 142 Å². The number of phosphoric ester groups is 2. The number of nitrogens with zero attached hydrogens (tertiary/aromatic N) is 2. The Bertz CT molecular complexity index is 2200. The van der Waals surface area contributed by atoms with Crippen molar-refractivity contribution in [2.24, 2.45) is 0 Å². The fourth-order valence-corrected chi connectivity index (χ4v) is 8.99. The summed E-state index contributed by atoms with van der Waals surface area (Å²) in [5, 5.41) is 30.2. The van der Waals surface area contributed by atoms with Gasteiger partial charge in [0.2, 0.25) is 0 Å². The minimum atomic E-state index is -5.46. The molecule has 7 N–H and O–H groups in total.